The van der Waals surface area contributed by atoms with Crippen LogP contribution in [0.3, 0.4) is 0 Å². The second-order valence-electron chi connectivity index (χ2n) is 4.04. The lowest BCUT2D eigenvalue weighted by molar-refractivity contribution is 0.297. The lowest BCUT2D eigenvalue weighted by Gasteiger charge is -2.16. The molecule has 0 aliphatic rings. The molecule has 1 aromatic carbocycles. The minimum atomic E-state index is 0.184. The number of benzene rings is 1. The van der Waals surface area contributed by atoms with Crippen molar-refractivity contribution >= 4 is 0 Å². The average molecular weight is 208 g/mol. The molecule has 0 aliphatic carbocycles. The molecule has 1 aromatic rings. The maximum Gasteiger partial charge on any atom is 0.0471 e. The second-order valence-corrected chi connectivity index (χ2v) is 4.04. The predicted molar refractivity (Wildman–Crippen MR) is 62.2 cm³/mol. The van der Waals surface area contributed by atoms with Crippen molar-refractivity contribution in [1.29, 1.82) is 0 Å². The van der Waals surface area contributed by atoms with Gasteiger partial charge in [-0.15, -0.1) is 0 Å². The van der Waals surface area contributed by atoms with Crippen LogP contribution in [0.4, 0.5) is 0 Å². The van der Waals surface area contributed by atoms with E-state index in [1.807, 2.05) is 0 Å². The van der Waals surface area contributed by atoms with Gasteiger partial charge in [-0.1, -0.05) is 6.07 Å². The fourth-order valence-corrected chi connectivity index (χ4v) is 2.27. The number of aliphatic hydroxyl groups excluding tert-OH is 2. The Hall–Kier alpha value is -0.860. The molecule has 0 atom stereocenters. The molecular formula is C13H20O2. The Labute approximate surface area is 91.6 Å². The molecular weight excluding hydrogens is 188 g/mol. The van der Waals surface area contributed by atoms with Crippen LogP contribution in [0.2, 0.25) is 0 Å². The van der Waals surface area contributed by atoms with Crippen molar-refractivity contribution in [2.75, 3.05) is 13.2 Å². The number of rotatable bonds is 4. The Bertz CT molecular complexity index is 313. The van der Waals surface area contributed by atoms with Crippen molar-refractivity contribution in [3.8, 4) is 0 Å². The second kappa shape index (κ2) is 5.29. The fourth-order valence-electron chi connectivity index (χ4n) is 2.27. The molecule has 2 N–H and O–H groups in total. The van der Waals surface area contributed by atoms with Gasteiger partial charge in [0.25, 0.3) is 0 Å². The first-order valence-corrected chi connectivity index (χ1v) is 5.42. The molecule has 0 radical (unpaired) electrons. The van der Waals surface area contributed by atoms with Crippen LogP contribution < -0.4 is 0 Å². The van der Waals surface area contributed by atoms with Crippen molar-refractivity contribution in [2.45, 2.75) is 33.6 Å². The van der Waals surface area contributed by atoms with E-state index in [2.05, 4.69) is 26.8 Å². The average Bonchev–Trinajstić information content (AvgIpc) is 2.19. The third-order valence-electron chi connectivity index (χ3n) is 3.01. The van der Waals surface area contributed by atoms with Gasteiger partial charge in [0.1, 0.15) is 0 Å². The lowest BCUT2D eigenvalue weighted by Crippen LogP contribution is -2.05. The molecule has 0 unspecified atom stereocenters. The Morgan fingerprint density at radius 1 is 0.867 bits per heavy atom. The highest BCUT2D eigenvalue weighted by atomic mass is 16.3. The first kappa shape index (κ1) is 12.2. The quantitative estimate of drug-likeness (QED) is 0.790. The normalized spacial score (nSPS) is 10.7. The molecule has 0 amide bonds. The monoisotopic (exact) mass is 208 g/mol. The molecule has 2 heteroatoms. The van der Waals surface area contributed by atoms with Gasteiger partial charge in [0.2, 0.25) is 0 Å². The summed E-state index contributed by atoms with van der Waals surface area (Å²) >= 11 is 0. The van der Waals surface area contributed by atoms with Crippen LogP contribution in [0, 0.1) is 20.8 Å². The van der Waals surface area contributed by atoms with Crippen LogP contribution in [0.25, 0.3) is 0 Å². The van der Waals surface area contributed by atoms with Gasteiger partial charge in [-0.2, -0.15) is 0 Å². The fraction of sp³-hybridized carbons (Fsp3) is 0.538. The Kier molecular flexibility index (Phi) is 4.30. The molecule has 0 aromatic heterocycles. The summed E-state index contributed by atoms with van der Waals surface area (Å²) < 4.78 is 0. The highest BCUT2D eigenvalue weighted by Crippen LogP contribution is 2.23. The first-order valence-electron chi connectivity index (χ1n) is 5.42. The first-order chi connectivity index (χ1) is 7.11. The summed E-state index contributed by atoms with van der Waals surface area (Å²) in [5.41, 5.74) is 6.16. The maximum atomic E-state index is 9.01. The molecule has 0 saturated carbocycles. The molecule has 0 saturated heterocycles. The van der Waals surface area contributed by atoms with Crippen LogP contribution in [0.15, 0.2) is 6.07 Å². The van der Waals surface area contributed by atoms with Crippen molar-refractivity contribution in [1.82, 2.24) is 0 Å². The molecule has 84 valence electrons. The summed E-state index contributed by atoms with van der Waals surface area (Å²) in [6.07, 6.45) is 1.41. The van der Waals surface area contributed by atoms with E-state index >= 15 is 0 Å². The van der Waals surface area contributed by atoms with E-state index in [4.69, 9.17) is 10.2 Å². The summed E-state index contributed by atoms with van der Waals surface area (Å²) in [7, 11) is 0. The zero-order valence-corrected chi connectivity index (χ0v) is 9.80. The van der Waals surface area contributed by atoms with Gasteiger partial charge in [-0.25, -0.2) is 0 Å². The highest BCUT2D eigenvalue weighted by Gasteiger charge is 2.09. The SMILES string of the molecule is Cc1cc(C)c(CCO)c(C)c1CCO. The molecule has 2 nitrogen and oxygen atoms in total. The summed E-state index contributed by atoms with van der Waals surface area (Å²) in [6, 6.07) is 2.14. The van der Waals surface area contributed by atoms with Gasteiger partial charge in [0.05, 0.1) is 0 Å². The molecule has 0 fully saturated rings. The van der Waals surface area contributed by atoms with Gasteiger partial charge in [-0.3, -0.25) is 0 Å². The van der Waals surface area contributed by atoms with Gasteiger partial charge in [-0.05, 0) is 61.4 Å². The van der Waals surface area contributed by atoms with Crippen molar-refractivity contribution < 1.29 is 10.2 Å². The minimum Gasteiger partial charge on any atom is -0.396 e. The van der Waals surface area contributed by atoms with E-state index in [0.29, 0.717) is 12.8 Å². The molecule has 0 heterocycles. The minimum absolute atomic E-state index is 0.184. The topological polar surface area (TPSA) is 40.5 Å². The summed E-state index contributed by atoms with van der Waals surface area (Å²) in [5.74, 6) is 0. The summed E-state index contributed by atoms with van der Waals surface area (Å²) in [4.78, 5) is 0. The van der Waals surface area contributed by atoms with Crippen LogP contribution in [-0.4, -0.2) is 23.4 Å². The Balaban J connectivity index is 3.22. The number of hydrogen-bond donors (Lipinski definition) is 2. The van der Waals surface area contributed by atoms with E-state index in [-0.39, 0.29) is 13.2 Å². The maximum absolute atomic E-state index is 9.01. The van der Waals surface area contributed by atoms with E-state index in [1.165, 1.54) is 27.8 Å². The standard InChI is InChI=1S/C13H20O2/c1-9-8-10(2)13(5-7-15)11(3)12(9)4-6-14/h8,14-15H,4-7H2,1-3H3. The van der Waals surface area contributed by atoms with Gasteiger partial charge < -0.3 is 10.2 Å². The third-order valence-corrected chi connectivity index (χ3v) is 3.01. The lowest BCUT2D eigenvalue weighted by atomic mass is 9.90. The van der Waals surface area contributed by atoms with Crippen molar-refractivity contribution in [2.24, 2.45) is 0 Å². The van der Waals surface area contributed by atoms with Crippen LogP contribution >= 0.6 is 0 Å². The van der Waals surface area contributed by atoms with Crippen molar-refractivity contribution in [3.05, 3.63) is 33.9 Å². The number of hydrogen-bond acceptors (Lipinski definition) is 2. The summed E-state index contributed by atoms with van der Waals surface area (Å²) in [5, 5.41) is 18.0. The van der Waals surface area contributed by atoms with Gasteiger partial charge >= 0.3 is 0 Å². The van der Waals surface area contributed by atoms with Crippen molar-refractivity contribution in [3.63, 3.8) is 0 Å². The van der Waals surface area contributed by atoms with E-state index < -0.39 is 0 Å². The Morgan fingerprint density at radius 2 is 1.27 bits per heavy atom. The molecule has 1 rings (SSSR count). The number of aryl methyl sites for hydroxylation is 2. The zero-order valence-electron chi connectivity index (χ0n) is 9.80. The van der Waals surface area contributed by atoms with E-state index in [1.54, 1.807) is 0 Å². The number of aliphatic hydroxyl groups is 2. The zero-order chi connectivity index (χ0) is 11.4. The largest absolute Gasteiger partial charge is 0.396 e. The van der Waals surface area contributed by atoms with Crippen LogP contribution in [-0.2, 0) is 12.8 Å². The smallest absolute Gasteiger partial charge is 0.0471 e. The highest BCUT2D eigenvalue weighted by molar-refractivity contribution is 5.44. The van der Waals surface area contributed by atoms with E-state index in [0.717, 1.165) is 0 Å². The molecule has 0 bridgehead atoms. The molecule has 0 aliphatic heterocycles. The molecule has 0 spiro atoms. The van der Waals surface area contributed by atoms with Crippen LogP contribution in [0.1, 0.15) is 27.8 Å². The predicted octanol–water partition coefficient (Wildman–Crippen LogP) is 1.68. The third kappa shape index (κ3) is 2.58. The van der Waals surface area contributed by atoms with E-state index in [9.17, 15) is 0 Å². The van der Waals surface area contributed by atoms with Gasteiger partial charge in [0.15, 0.2) is 0 Å². The van der Waals surface area contributed by atoms with Crippen LogP contribution in [0.5, 0.6) is 0 Å². The summed E-state index contributed by atoms with van der Waals surface area (Å²) in [6.45, 7) is 6.60. The molecule has 15 heavy (non-hydrogen) atoms. The van der Waals surface area contributed by atoms with Gasteiger partial charge in [0, 0.05) is 13.2 Å². The Morgan fingerprint density at radius 3 is 1.60 bits per heavy atom.